The molecule has 0 bridgehead atoms. The van der Waals surface area contributed by atoms with Crippen molar-refractivity contribution in [3.63, 3.8) is 0 Å². The van der Waals surface area contributed by atoms with E-state index in [0.717, 1.165) is 0 Å². The monoisotopic (exact) mass is 582 g/mol. The van der Waals surface area contributed by atoms with Crippen LogP contribution in [-0.4, -0.2) is 0 Å². The van der Waals surface area contributed by atoms with Crippen molar-refractivity contribution in [2.24, 2.45) is 0 Å². The van der Waals surface area contributed by atoms with Crippen LogP contribution in [0.3, 0.4) is 0 Å². The lowest BCUT2D eigenvalue weighted by molar-refractivity contribution is 0.669. The van der Waals surface area contributed by atoms with Gasteiger partial charge < -0.3 is 4.42 Å². The highest BCUT2D eigenvalue weighted by Crippen LogP contribution is 2.48. The van der Waals surface area contributed by atoms with Crippen LogP contribution in [0.2, 0.25) is 0 Å². The summed E-state index contributed by atoms with van der Waals surface area (Å²) < 4.78 is 97.0. The molecule has 0 aliphatic carbocycles. The van der Waals surface area contributed by atoms with Gasteiger partial charge in [-0.15, -0.1) is 0 Å². The minimum Gasteiger partial charge on any atom is -0.456 e. The van der Waals surface area contributed by atoms with E-state index in [0.29, 0.717) is 54.9 Å². The average molecular weight is 583 g/mol. The van der Waals surface area contributed by atoms with Gasteiger partial charge in [-0.25, -0.2) is 0 Å². The molecule has 45 heavy (non-hydrogen) atoms. The zero-order valence-corrected chi connectivity index (χ0v) is 23.8. The van der Waals surface area contributed by atoms with Crippen molar-refractivity contribution in [2.75, 3.05) is 0 Å². The van der Waals surface area contributed by atoms with Crippen molar-refractivity contribution in [2.45, 2.75) is 0 Å². The Morgan fingerprint density at radius 1 is 0.378 bits per heavy atom. The van der Waals surface area contributed by atoms with Crippen molar-refractivity contribution in [1.82, 2.24) is 0 Å². The Hall–Kier alpha value is -5.92. The summed E-state index contributed by atoms with van der Waals surface area (Å²) in [5.74, 6) is 0. The van der Waals surface area contributed by atoms with Crippen LogP contribution in [0.15, 0.2) is 174 Å². The smallest absolute Gasteiger partial charge is 0.136 e. The molecule has 1 nitrogen and oxygen atoms in total. The predicted molar refractivity (Wildman–Crippen MR) is 190 cm³/mol. The molecule has 1 heterocycles. The van der Waals surface area contributed by atoms with Crippen molar-refractivity contribution < 1.29 is 18.1 Å². The van der Waals surface area contributed by atoms with E-state index in [1.165, 1.54) is 0 Å². The molecule has 8 aromatic carbocycles. The quantitative estimate of drug-likeness (QED) is 0.188. The predicted octanol–water partition coefficient (Wildman–Crippen LogP) is 12.6. The van der Waals surface area contributed by atoms with Crippen molar-refractivity contribution in [1.29, 1.82) is 0 Å². The maximum atomic E-state index is 9.45. The van der Waals surface area contributed by atoms with Crippen LogP contribution < -0.4 is 0 Å². The normalized spacial score (nSPS) is 14.7. The van der Waals surface area contributed by atoms with Gasteiger partial charge >= 0.3 is 0 Å². The van der Waals surface area contributed by atoms with Crippen LogP contribution in [0.25, 0.3) is 88.0 Å². The van der Waals surface area contributed by atoms with Gasteiger partial charge in [0, 0.05) is 10.8 Å². The molecule has 1 heteroatoms. The summed E-state index contributed by atoms with van der Waals surface area (Å²) in [6.45, 7) is 0. The zero-order valence-electron chi connectivity index (χ0n) is 33.8. The van der Waals surface area contributed by atoms with Gasteiger partial charge in [0.05, 0.1) is 13.7 Å². The lowest BCUT2D eigenvalue weighted by Crippen LogP contribution is -1.93. The first-order valence-corrected chi connectivity index (χ1v) is 14.6. The highest BCUT2D eigenvalue weighted by molar-refractivity contribution is 6.26. The third kappa shape index (κ3) is 4.09. The van der Waals surface area contributed by atoms with Crippen LogP contribution in [-0.2, 0) is 0 Å². The Bertz CT molecular complexity index is 3030. The molecule has 0 atom stereocenters. The van der Waals surface area contributed by atoms with Crippen LogP contribution in [0, 0.1) is 0 Å². The molecule has 0 spiro atoms. The summed E-state index contributed by atoms with van der Waals surface area (Å²) >= 11 is 0. The molecule has 0 unspecified atom stereocenters. The van der Waals surface area contributed by atoms with E-state index in [-0.39, 0.29) is 87.4 Å². The van der Waals surface area contributed by atoms with Gasteiger partial charge in [0.1, 0.15) is 11.2 Å². The molecule has 0 aliphatic rings. The molecule has 0 aliphatic heterocycles. The van der Waals surface area contributed by atoms with E-state index < -0.39 is 6.04 Å². The summed E-state index contributed by atoms with van der Waals surface area (Å²) in [5.41, 5.74) is 3.17. The Kier molecular flexibility index (Phi) is 4.01. The van der Waals surface area contributed by atoms with Crippen LogP contribution >= 0.6 is 0 Å². The van der Waals surface area contributed by atoms with Gasteiger partial charge in [-0.05, 0) is 84.2 Å². The molecule has 9 aromatic rings. The Morgan fingerprint density at radius 2 is 0.911 bits per heavy atom. The summed E-state index contributed by atoms with van der Waals surface area (Å²) in [7, 11) is 0. The van der Waals surface area contributed by atoms with Gasteiger partial charge in [0.15, 0.2) is 0 Å². The number of furan rings is 1. The van der Waals surface area contributed by atoms with Crippen LogP contribution in [0.1, 0.15) is 13.7 Å². The number of rotatable bonds is 4. The first-order chi connectivity index (χ1) is 26.5. The van der Waals surface area contributed by atoms with Crippen molar-refractivity contribution >= 4 is 43.5 Å². The molecule has 0 saturated carbocycles. The molecule has 1 aromatic heterocycles. The second-order valence-corrected chi connectivity index (χ2v) is 10.8. The van der Waals surface area contributed by atoms with Crippen molar-refractivity contribution in [3.8, 4) is 44.5 Å². The van der Waals surface area contributed by atoms with Gasteiger partial charge in [-0.1, -0.05) is 151 Å². The van der Waals surface area contributed by atoms with Gasteiger partial charge in [0.25, 0.3) is 0 Å². The fourth-order valence-electron chi connectivity index (χ4n) is 6.37. The number of hydrogen-bond acceptors (Lipinski definition) is 1. The SMILES string of the molecule is [2H]c1c([2H])c([2H])c(-c2c3ccccc3c(-c3c([2H])c([2H])c([2H])c4oc5c([2H])c(-c6ccccc6)c([2H])c([2H])c5c34)c3ccccc23)c(-c2ccccc2)c1[2H]. The fraction of sp³-hybridized carbons (Fsp3) is 0. The first-order valence-electron chi connectivity index (χ1n) is 19.6. The van der Waals surface area contributed by atoms with Crippen LogP contribution in [0.5, 0.6) is 0 Å². The summed E-state index contributed by atoms with van der Waals surface area (Å²) in [5, 5.41) is 2.69. The van der Waals surface area contributed by atoms with Crippen molar-refractivity contribution in [3.05, 3.63) is 170 Å². The fourth-order valence-corrected chi connectivity index (χ4v) is 6.37. The highest BCUT2D eigenvalue weighted by Gasteiger charge is 2.21. The van der Waals surface area contributed by atoms with Crippen LogP contribution in [0.4, 0.5) is 0 Å². The molecule has 210 valence electrons. The summed E-state index contributed by atoms with van der Waals surface area (Å²) in [6, 6.07) is 29.9. The van der Waals surface area contributed by atoms with Gasteiger partial charge in [-0.3, -0.25) is 0 Å². The zero-order chi connectivity index (χ0) is 38.4. The second-order valence-electron chi connectivity index (χ2n) is 10.8. The Morgan fingerprint density at radius 3 is 1.56 bits per heavy atom. The van der Waals surface area contributed by atoms with E-state index in [1.54, 1.807) is 24.3 Å². The first kappa shape index (κ1) is 17.4. The molecule has 9 rings (SSSR count). The highest BCUT2D eigenvalue weighted by atomic mass is 16.3. The molecule has 0 radical (unpaired) electrons. The molecular formula is C44H28O. The summed E-state index contributed by atoms with van der Waals surface area (Å²) in [6.07, 6.45) is 0. The third-order valence-electron chi connectivity index (χ3n) is 8.32. The van der Waals surface area contributed by atoms with Gasteiger partial charge in [-0.2, -0.15) is 0 Å². The standard InChI is InChI=1S/C44H28O/c1-3-14-29(15-4-1)31-26-27-38-41(28-31)45-40-25-13-24-39(44(38)40)43-36-22-11-9-20-34(36)42(35-21-10-12-23-37(35)43)33-19-8-7-18-32(33)30-16-5-2-6-17-30/h1-28H/i7D,8D,13D,18D,19D,24D,25D,26D,27D,28D. The minimum atomic E-state index is -0.408. The lowest BCUT2D eigenvalue weighted by atomic mass is 9.83. The molecule has 0 N–H and O–H groups in total. The lowest BCUT2D eigenvalue weighted by Gasteiger charge is -2.20. The molecule has 0 fully saturated rings. The van der Waals surface area contributed by atoms with E-state index in [9.17, 15) is 5.48 Å². The minimum absolute atomic E-state index is 0.0207. The number of benzene rings is 8. The van der Waals surface area contributed by atoms with E-state index in [1.807, 2.05) is 84.9 Å². The summed E-state index contributed by atoms with van der Waals surface area (Å²) in [4.78, 5) is 0. The van der Waals surface area contributed by atoms with E-state index >= 15 is 0 Å². The number of hydrogen-bond donors (Lipinski definition) is 0. The average Bonchev–Trinajstić information content (AvgIpc) is 3.61. The maximum absolute atomic E-state index is 9.45. The second kappa shape index (κ2) is 10.4. The molecule has 0 amide bonds. The largest absolute Gasteiger partial charge is 0.456 e. The Balaban J connectivity index is 1.49. The Labute approximate surface area is 275 Å². The van der Waals surface area contributed by atoms with E-state index in [4.69, 9.17) is 12.6 Å². The molecular weight excluding hydrogens is 544 g/mol. The third-order valence-corrected chi connectivity index (χ3v) is 8.32. The van der Waals surface area contributed by atoms with E-state index in [2.05, 4.69) is 0 Å². The maximum Gasteiger partial charge on any atom is 0.136 e. The van der Waals surface area contributed by atoms with Gasteiger partial charge in [0.2, 0.25) is 0 Å². The molecule has 0 saturated heterocycles. The topological polar surface area (TPSA) is 13.1 Å². The number of fused-ring (bicyclic) bond motifs is 5.